The van der Waals surface area contributed by atoms with Crippen molar-refractivity contribution in [3.05, 3.63) is 12.3 Å². The second kappa shape index (κ2) is 3.38. The summed E-state index contributed by atoms with van der Waals surface area (Å²) in [7, 11) is 0. The number of rotatable bonds is 1. The molecule has 2 heterocycles. The Bertz CT molecular complexity index is 304. The molecular weight excluding hydrogens is 188 g/mol. The topological polar surface area (TPSA) is 55.0 Å². The summed E-state index contributed by atoms with van der Waals surface area (Å²) in [5.41, 5.74) is 5.48. The summed E-state index contributed by atoms with van der Waals surface area (Å²) >= 11 is 5.98. The number of nitrogens with zero attached hydrogens (tertiary/aromatic N) is 3. The SMILES string of the molecule is Nc1nccc(N2CCC(Cl)C2)n1. The third-order valence-electron chi connectivity index (χ3n) is 2.11. The summed E-state index contributed by atoms with van der Waals surface area (Å²) in [4.78, 5) is 10.1. The van der Waals surface area contributed by atoms with Crippen LogP contribution in [-0.2, 0) is 0 Å². The van der Waals surface area contributed by atoms with Crippen LogP contribution >= 0.6 is 11.6 Å². The predicted molar refractivity (Wildman–Crippen MR) is 52.9 cm³/mol. The summed E-state index contributed by atoms with van der Waals surface area (Å²) in [6.07, 6.45) is 2.67. The molecule has 1 aliphatic heterocycles. The Morgan fingerprint density at radius 2 is 2.46 bits per heavy atom. The van der Waals surface area contributed by atoms with Crippen molar-refractivity contribution in [1.29, 1.82) is 0 Å². The fraction of sp³-hybridized carbons (Fsp3) is 0.500. The third-order valence-corrected chi connectivity index (χ3v) is 2.47. The van der Waals surface area contributed by atoms with Crippen LogP contribution in [0.25, 0.3) is 0 Å². The lowest BCUT2D eigenvalue weighted by atomic mass is 10.4. The van der Waals surface area contributed by atoms with Crippen molar-refractivity contribution in [3.8, 4) is 0 Å². The fourth-order valence-electron chi connectivity index (χ4n) is 1.47. The van der Waals surface area contributed by atoms with Crippen molar-refractivity contribution in [1.82, 2.24) is 9.97 Å². The van der Waals surface area contributed by atoms with E-state index in [-0.39, 0.29) is 5.38 Å². The maximum Gasteiger partial charge on any atom is 0.221 e. The Morgan fingerprint density at radius 3 is 3.08 bits per heavy atom. The Kier molecular flexibility index (Phi) is 2.22. The van der Waals surface area contributed by atoms with Crippen LogP contribution < -0.4 is 10.6 Å². The number of anilines is 2. The first-order valence-electron chi connectivity index (χ1n) is 4.23. The molecule has 13 heavy (non-hydrogen) atoms. The van der Waals surface area contributed by atoms with Crippen LogP contribution in [0, 0.1) is 0 Å². The van der Waals surface area contributed by atoms with Gasteiger partial charge < -0.3 is 10.6 Å². The smallest absolute Gasteiger partial charge is 0.221 e. The molecule has 70 valence electrons. The third kappa shape index (κ3) is 1.83. The lowest BCUT2D eigenvalue weighted by molar-refractivity contribution is 0.931. The monoisotopic (exact) mass is 198 g/mol. The van der Waals surface area contributed by atoms with Crippen molar-refractivity contribution >= 4 is 23.4 Å². The van der Waals surface area contributed by atoms with Gasteiger partial charge in [-0.1, -0.05) is 0 Å². The molecule has 2 rings (SSSR count). The summed E-state index contributed by atoms with van der Waals surface area (Å²) in [6, 6.07) is 1.85. The molecule has 1 fully saturated rings. The van der Waals surface area contributed by atoms with Crippen LogP contribution in [0.2, 0.25) is 0 Å². The number of hydrogen-bond donors (Lipinski definition) is 1. The van der Waals surface area contributed by atoms with E-state index >= 15 is 0 Å². The van der Waals surface area contributed by atoms with E-state index < -0.39 is 0 Å². The minimum Gasteiger partial charge on any atom is -0.368 e. The van der Waals surface area contributed by atoms with E-state index in [1.54, 1.807) is 6.20 Å². The zero-order chi connectivity index (χ0) is 9.26. The van der Waals surface area contributed by atoms with Crippen molar-refractivity contribution in [2.24, 2.45) is 0 Å². The van der Waals surface area contributed by atoms with Crippen LogP contribution in [0.4, 0.5) is 11.8 Å². The van der Waals surface area contributed by atoms with Gasteiger partial charge in [0.15, 0.2) is 0 Å². The first kappa shape index (κ1) is 8.56. The van der Waals surface area contributed by atoms with Gasteiger partial charge in [0.05, 0.1) is 5.38 Å². The molecule has 1 atom stereocenters. The van der Waals surface area contributed by atoms with Crippen LogP contribution in [-0.4, -0.2) is 28.4 Å². The van der Waals surface area contributed by atoms with E-state index in [0.717, 1.165) is 25.3 Å². The van der Waals surface area contributed by atoms with Gasteiger partial charge in [0.2, 0.25) is 5.95 Å². The number of aromatic nitrogens is 2. The Morgan fingerprint density at radius 1 is 1.62 bits per heavy atom. The zero-order valence-corrected chi connectivity index (χ0v) is 7.91. The number of nitrogen functional groups attached to an aromatic ring is 1. The molecule has 0 amide bonds. The van der Waals surface area contributed by atoms with Crippen molar-refractivity contribution in [2.45, 2.75) is 11.8 Å². The highest BCUT2D eigenvalue weighted by Gasteiger charge is 2.21. The molecule has 1 unspecified atom stereocenters. The average molecular weight is 199 g/mol. The molecule has 1 saturated heterocycles. The first-order chi connectivity index (χ1) is 6.25. The minimum absolute atomic E-state index is 0.233. The largest absolute Gasteiger partial charge is 0.368 e. The quantitative estimate of drug-likeness (QED) is 0.681. The molecule has 0 aliphatic carbocycles. The standard InChI is InChI=1S/C8H11ClN4/c9-6-2-4-13(5-6)7-1-3-11-8(10)12-7/h1,3,6H,2,4-5H2,(H2,10,11,12). The van der Waals surface area contributed by atoms with Crippen LogP contribution in [0.15, 0.2) is 12.3 Å². The molecular formula is C8H11ClN4. The fourth-order valence-corrected chi connectivity index (χ4v) is 1.73. The van der Waals surface area contributed by atoms with Gasteiger partial charge in [-0.25, -0.2) is 4.98 Å². The molecule has 0 radical (unpaired) electrons. The van der Waals surface area contributed by atoms with E-state index in [1.165, 1.54) is 0 Å². The molecule has 0 aromatic carbocycles. The van der Waals surface area contributed by atoms with Gasteiger partial charge >= 0.3 is 0 Å². The molecule has 1 aromatic rings. The summed E-state index contributed by atoms with van der Waals surface area (Å²) < 4.78 is 0. The van der Waals surface area contributed by atoms with E-state index in [2.05, 4.69) is 14.9 Å². The van der Waals surface area contributed by atoms with Gasteiger partial charge in [0.25, 0.3) is 0 Å². The Labute approximate surface area is 81.7 Å². The van der Waals surface area contributed by atoms with Crippen LogP contribution in [0.3, 0.4) is 0 Å². The lowest BCUT2D eigenvalue weighted by Gasteiger charge is -2.15. The van der Waals surface area contributed by atoms with E-state index in [4.69, 9.17) is 17.3 Å². The highest BCUT2D eigenvalue weighted by atomic mass is 35.5. The maximum atomic E-state index is 5.98. The van der Waals surface area contributed by atoms with E-state index in [1.807, 2.05) is 6.07 Å². The van der Waals surface area contributed by atoms with Crippen molar-refractivity contribution < 1.29 is 0 Å². The highest BCUT2D eigenvalue weighted by molar-refractivity contribution is 6.21. The number of halogens is 1. The lowest BCUT2D eigenvalue weighted by Crippen LogP contribution is -2.21. The average Bonchev–Trinajstić information content (AvgIpc) is 2.52. The minimum atomic E-state index is 0.233. The molecule has 0 bridgehead atoms. The molecule has 1 aliphatic rings. The second-order valence-corrected chi connectivity index (χ2v) is 3.72. The van der Waals surface area contributed by atoms with Crippen LogP contribution in [0.1, 0.15) is 6.42 Å². The Hall–Kier alpha value is -1.03. The number of nitrogens with two attached hydrogens (primary N) is 1. The molecule has 2 N–H and O–H groups in total. The van der Waals surface area contributed by atoms with Gasteiger partial charge in [-0.15, -0.1) is 11.6 Å². The van der Waals surface area contributed by atoms with Gasteiger partial charge in [0.1, 0.15) is 5.82 Å². The zero-order valence-electron chi connectivity index (χ0n) is 7.15. The summed E-state index contributed by atoms with van der Waals surface area (Å²) in [6.45, 7) is 1.79. The first-order valence-corrected chi connectivity index (χ1v) is 4.67. The second-order valence-electron chi connectivity index (χ2n) is 3.11. The maximum absolute atomic E-state index is 5.98. The summed E-state index contributed by atoms with van der Waals surface area (Å²) in [5.74, 6) is 1.19. The number of hydrogen-bond acceptors (Lipinski definition) is 4. The highest BCUT2D eigenvalue weighted by Crippen LogP contribution is 2.20. The molecule has 0 saturated carbocycles. The number of alkyl halides is 1. The molecule has 4 nitrogen and oxygen atoms in total. The van der Waals surface area contributed by atoms with Gasteiger partial charge in [0, 0.05) is 19.3 Å². The van der Waals surface area contributed by atoms with Gasteiger partial charge in [-0.2, -0.15) is 4.98 Å². The van der Waals surface area contributed by atoms with Crippen LogP contribution in [0.5, 0.6) is 0 Å². The van der Waals surface area contributed by atoms with Crippen molar-refractivity contribution in [3.63, 3.8) is 0 Å². The molecule has 1 aromatic heterocycles. The van der Waals surface area contributed by atoms with E-state index in [9.17, 15) is 0 Å². The van der Waals surface area contributed by atoms with Crippen molar-refractivity contribution in [2.75, 3.05) is 23.7 Å². The normalized spacial score (nSPS) is 22.2. The molecule has 0 spiro atoms. The predicted octanol–water partition coefficient (Wildman–Crippen LogP) is 0.876. The van der Waals surface area contributed by atoms with Gasteiger partial charge in [-0.05, 0) is 12.5 Å². The Balaban J connectivity index is 2.16. The molecule has 5 heteroatoms. The van der Waals surface area contributed by atoms with E-state index in [0.29, 0.717) is 5.95 Å². The summed E-state index contributed by atoms with van der Waals surface area (Å²) in [5, 5.41) is 0.233. The van der Waals surface area contributed by atoms with Gasteiger partial charge in [-0.3, -0.25) is 0 Å².